The highest BCUT2D eigenvalue weighted by molar-refractivity contribution is 7.87. The molecular weight excluding hydrogens is 286 g/mol. The average Bonchev–Trinajstić information content (AvgIpc) is 2.42. The van der Waals surface area contributed by atoms with Gasteiger partial charge in [0, 0.05) is 0 Å². The number of aryl methyl sites for hydroxylation is 1. The second kappa shape index (κ2) is 7.81. The summed E-state index contributed by atoms with van der Waals surface area (Å²) in [7, 11) is 2.26. The summed E-state index contributed by atoms with van der Waals surface area (Å²) in [5.41, 5.74) is 0.784. The molecule has 0 saturated carbocycles. The summed E-state index contributed by atoms with van der Waals surface area (Å²) in [5.74, 6) is 0.358. The third-order valence-electron chi connectivity index (χ3n) is 2.32. The number of nitrogens with zero attached hydrogens (tertiary/aromatic N) is 1. The highest BCUT2D eigenvalue weighted by Crippen LogP contribution is 2.21. The predicted molar refractivity (Wildman–Crippen MR) is 85.0 cm³/mol. The van der Waals surface area contributed by atoms with E-state index in [1.165, 1.54) is 12.1 Å². The number of hydrogen-bond acceptors (Lipinski definition) is 4. The molecule has 0 bridgehead atoms. The largest absolute Gasteiger partial charge is 0.379 e. The third kappa shape index (κ3) is 5.97. The molecule has 0 unspecified atom stereocenters. The third-order valence-corrected chi connectivity index (χ3v) is 3.57. The zero-order valence-corrected chi connectivity index (χ0v) is 13.6. The minimum absolute atomic E-state index is 0.156. The Hall–Kier alpha value is -1.85. The Kier molecular flexibility index (Phi) is 6.39. The quantitative estimate of drug-likeness (QED) is 0.818. The Morgan fingerprint density at radius 1 is 0.857 bits per heavy atom. The van der Waals surface area contributed by atoms with Crippen molar-refractivity contribution in [1.29, 1.82) is 0 Å². The molecule has 0 aromatic heterocycles. The number of hydrogen-bond donors (Lipinski definition) is 0. The smallest absolute Gasteiger partial charge is 0.339 e. The van der Waals surface area contributed by atoms with Gasteiger partial charge in [0.25, 0.3) is 0 Å². The van der Waals surface area contributed by atoms with Crippen molar-refractivity contribution in [2.24, 2.45) is 0 Å². The summed E-state index contributed by atoms with van der Waals surface area (Å²) in [6.07, 6.45) is 0. The zero-order chi connectivity index (χ0) is 15.9. The predicted octanol–water partition coefficient (Wildman–Crippen LogP) is 2.94. The van der Waals surface area contributed by atoms with Gasteiger partial charge in [0.2, 0.25) is 0 Å². The Morgan fingerprint density at radius 3 is 1.86 bits per heavy atom. The standard InChI is InChI=1S/C13H12O3S.C3H9N/c1-11-7-5-6-10-13(11)16-17(14,15)12-8-3-2-4-9-12;1-4(2)3/h2-10H,1H3;1-3H3. The van der Waals surface area contributed by atoms with Crippen molar-refractivity contribution in [3.63, 3.8) is 0 Å². The van der Waals surface area contributed by atoms with Crippen LogP contribution in [0.5, 0.6) is 5.75 Å². The highest BCUT2D eigenvalue weighted by atomic mass is 32.2. The van der Waals surface area contributed by atoms with E-state index in [1.807, 2.05) is 32.1 Å². The van der Waals surface area contributed by atoms with E-state index in [2.05, 4.69) is 0 Å². The van der Waals surface area contributed by atoms with Crippen molar-refractivity contribution in [2.45, 2.75) is 11.8 Å². The first-order valence-corrected chi connectivity index (χ1v) is 7.90. The molecule has 0 heterocycles. The first kappa shape index (κ1) is 17.2. The fourth-order valence-electron chi connectivity index (χ4n) is 1.40. The Morgan fingerprint density at radius 2 is 1.33 bits per heavy atom. The Balaban J connectivity index is 0.000000491. The van der Waals surface area contributed by atoms with Gasteiger partial charge in [-0.05, 0) is 51.8 Å². The molecule has 2 aromatic rings. The molecule has 4 nitrogen and oxygen atoms in total. The van der Waals surface area contributed by atoms with E-state index in [0.29, 0.717) is 5.75 Å². The van der Waals surface area contributed by atoms with Crippen molar-refractivity contribution >= 4 is 10.1 Å². The molecule has 0 aliphatic rings. The topological polar surface area (TPSA) is 46.6 Å². The van der Waals surface area contributed by atoms with Gasteiger partial charge in [-0.3, -0.25) is 0 Å². The molecule has 0 aliphatic heterocycles. The van der Waals surface area contributed by atoms with Gasteiger partial charge < -0.3 is 9.08 Å². The Bertz CT molecular complexity index is 649. The van der Waals surface area contributed by atoms with Gasteiger partial charge in [-0.2, -0.15) is 8.42 Å². The summed E-state index contributed by atoms with van der Waals surface area (Å²) in [4.78, 5) is 2.16. The number of para-hydroxylation sites is 1. The van der Waals surface area contributed by atoms with Crippen LogP contribution in [0.4, 0.5) is 0 Å². The summed E-state index contributed by atoms with van der Waals surface area (Å²) in [5, 5.41) is 0. The number of rotatable bonds is 3. The van der Waals surface area contributed by atoms with Crippen molar-refractivity contribution in [1.82, 2.24) is 4.90 Å². The lowest BCUT2D eigenvalue weighted by atomic mass is 10.2. The summed E-state index contributed by atoms with van der Waals surface area (Å²) in [6.45, 7) is 1.80. The van der Waals surface area contributed by atoms with Crippen molar-refractivity contribution in [3.05, 3.63) is 60.2 Å². The maximum Gasteiger partial charge on any atom is 0.339 e. The van der Waals surface area contributed by atoms with Crippen LogP contribution < -0.4 is 4.18 Å². The molecule has 0 N–H and O–H groups in total. The van der Waals surface area contributed by atoms with Crippen LogP contribution in [-0.4, -0.2) is 34.5 Å². The SMILES string of the molecule is CN(C)C.Cc1ccccc1OS(=O)(=O)c1ccccc1. The summed E-state index contributed by atoms with van der Waals surface area (Å²) < 4.78 is 29.0. The van der Waals surface area contributed by atoms with Crippen molar-refractivity contribution in [3.8, 4) is 5.75 Å². The molecular formula is C16H21NO3S. The van der Waals surface area contributed by atoms with Gasteiger partial charge in [0.1, 0.15) is 10.6 Å². The zero-order valence-electron chi connectivity index (χ0n) is 12.8. The second-order valence-electron chi connectivity index (χ2n) is 4.96. The summed E-state index contributed by atoms with van der Waals surface area (Å²) in [6, 6.07) is 15.1. The molecule has 0 fully saturated rings. The monoisotopic (exact) mass is 307 g/mol. The molecule has 2 rings (SSSR count). The van der Waals surface area contributed by atoms with E-state index < -0.39 is 10.1 Å². The molecule has 0 atom stereocenters. The number of benzene rings is 2. The molecule has 114 valence electrons. The lowest BCUT2D eigenvalue weighted by Gasteiger charge is -2.08. The van der Waals surface area contributed by atoms with Gasteiger partial charge in [-0.25, -0.2) is 0 Å². The van der Waals surface area contributed by atoms with E-state index in [1.54, 1.807) is 43.3 Å². The highest BCUT2D eigenvalue weighted by Gasteiger charge is 2.16. The molecule has 0 saturated heterocycles. The van der Waals surface area contributed by atoms with Crippen LogP contribution in [0.3, 0.4) is 0 Å². The van der Waals surface area contributed by atoms with Gasteiger partial charge in [-0.15, -0.1) is 0 Å². The second-order valence-corrected chi connectivity index (χ2v) is 6.50. The van der Waals surface area contributed by atoms with Gasteiger partial charge >= 0.3 is 10.1 Å². The molecule has 0 radical (unpaired) electrons. The van der Waals surface area contributed by atoms with Crippen molar-refractivity contribution in [2.75, 3.05) is 21.1 Å². The van der Waals surface area contributed by atoms with Gasteiger partial charge in [0.15, 0.2) is 0 Å². The van der Waals surface area contributed by atoms with Crippen molar-refractivity contribution < 1.29 is 12.6 Å². The van der Waals surface area contributed by atoms with E-state index in [0.717, 1.165) is 5.56 Å². The Labute approximate surface area is 127 Å². The summed E-state index contributed by atoms with van der Waals surface area (Å²) >= 11 is 0. The van der Waals surface area contributed by atoms with E-state index >= 15 is 0 Å². The van der Waals surface area contributed by atoms with Crippen LogP contribution in [0.1, 0.15) is 5.56 Å². The molecule has 0 spiro atoms. The molecule has 2 aromatic carbocycles. The van der Waals surface area contributed by atoms with Gasteiger partial charge in [0.05, 0.1) is 0 Å². The van der Waals surface area contributed by atoms with Crippen LogP contribution in [-0.2, 0) is 10.1 Å². The average molecular weight is 307 g/mol. The lowest BCUT2D eigenvalue weighted by Crippen LogP contribution is -2.10. The fourth-order valence-corrected chi connectivity index (χ4v) is 2.41. The van der Waals surface area contributed by atoms with Crippen LogP contribution in [0, 0.1) is 6.92 Å². The maximum atomic E-state index is 11.9. The molecule has 5 heteroatoms. The van der Waals surface area contributed by atoms with E-state index in [-0.39, 0.29) is 4.90 Å². The minimum atomic E-state index is -3.74. The van der Waals surface area contributed by atoms with Crippen LogP contribution in [0.25, 0.3) is 0 Å². The first-order chi connectivity index (χ1) is 9.83. The van der Waals surface area contributed by atoms with E-state index in [9.17, 15) is 8.42 Å². The maximum absolute atomic E-state index is 11.9. The molecule has 21 heavy (non-hydrogen) atoms. The first-order valence-electron chi connectivity index (χ1n) is 6.49. The molecule has 0 amide bonds. The van der Waals surface area contributed by atoms with E-state index in [4.69, 9.17) is 4.18 Å². The fraction of sp³-hybridized carbons (Fsp3) is 0.250. The van der Waals surface area contributed by atoms with Crippen LogP contribution in [0.15, 0.2) is 59.5 Å². The normalized spacial score (nSPS) is 10.7. The minimum Gasteiger partial charge on any atom is -0.379 e. The lowest BCUT2D eigenvalue weighted by molar-refractivity contribution is 0.484. The van der Waals surface area contributed by atoms with Gasteiger partial charge in [-0.1, -0.05) is 36.4 Å². The van der Waals surface area contributed by atoms with Crippen LogP contribution >= 0.6 is 0 Å². The van der Waals surface area contributed by atoms with Crippen LogP contribution in [0.2, 0.25) is 0 Å². The molecule has 0 aliphatic carbocycles.